The number of fused-ring (bicyclic) bond motifs is 5. The topological polar surface area (TPSA) is 66.8 Å². The first-order valence-corrected chi connectivity index (χ1v) is 12.1. The molecule has 4 aliphatic carbocycles. The molecule has 2 N–H and O–H groups in total. The molecule has 4 rings (SSSR count). The number of rotatable bonds is 4. The molecule has 0 bridgehead atoms. The van der Waals surface area contributed by atoms with E-state index >= 15 is 0 Å². The molecule has 0 amide bonds. The molecule has 0 radical (unpaired) electrons. The Labute approximate surface area is 176 Å². The fourth-order valence-electron chi connectivity index (χ4n) is 8.82. The van der Waals surface area contributed by atoms with Crippen molar-refractivity contribution in [3.8, 4) is 0 Å². The average Bonchev–Trinajstić information content (AvgIpc) is 3.04. The van der Waals surface area contributed by atoms with Gasteiger partial charge in [0.1, 0.15) is 0 Å². The van der Waals surface area contributed by atoms with Crippen LogP contribution < -0.4 is 0 Å². The summed E-state index contributed by atoms with van der Waals surface area (Å²) in [4.78, 5) is 11.6. The number of esters is 1. The van der Waals surface area contributed by atoms with Crippen LogP contribution in [0.2, 0.25) is 0 Å². The lowest BCUT2D eigenvalue weighted by molar-refractivity contribution is -0.174. The number of aliphatic hydroxyl groups is 2. The third kappa shape index (κ3) is 3.46. The van der Waals surface area contributed by atoms with E-state index in [1.807, 2.05) is 0 Å². The number of methoxy groups -OCH3 is 1. The Morgan fingerprint density at radius 1 is 1.03 bits per heavy atom. The highest BCUT2D eigenvalue weighted by atomic mass is 16.5. The lowest BCUT2D eigenvalue weighted by Crippen LogP contribution is -2.58. The molecule has 0 aliphatic heterocycles. The first kappa shape index (κ1) is 21.6. The van der Waals surface area contributed by atoms with E-state index in [1.165, 1.54) is 32.8 Å². The van der Waals surface area contributed by atoms with Crippen molar-refractivity contribution in [3.63, 3.8) is 0 Å². The predicted molar refractivity (Wildman–Crippen MR) is 113 cm³/mol. The third-order valence-corrected chi connectivity index (χ3v) is 10.4. The van der Waals surface area contributed by atoms with Crippen LogP contribution in [-0.4, -0.2) is 35.5 Å². The molecule has 0 aromatic carbocycles. The highest BCUT2D eigenvalue weighted by molar-refractivity contribution is 5.69. The maximum Gasteiger partial charge on any atom is 0.305 e. The molecule has 4 nitrogen and oxygen atoms in total. The van der Waals surface area contributed by atoms with Crippen LogP contribution in [-0.2, 0) is 9.53 Å². The number of hydrogen-bond donors (Lipinski definition) is 2. The summed E-state index contributed by atoms with van der Waals surface area (Å²) in [7, 11) is 1.48. The summed E-state index contributed by atoms with van der Waals surface area (Å²) >= 11 is 0. The van der Waals surface area contributed by atoms with Crippen molar-refractivity contribution in [1.82, 2.24) is 0 Å². The number of ether oxygens (including phenoxy) is 1. The molecule has 4 saturated carbocycles. The van der Waals surface area contributed by atoms with Gasteiger partial charge < -0.3 is 14.9 Å². The fraction of sp³-hybridized carbons (Fsp3) is 0.960. The van der Waals surface area contributed by atoms with Crippen LogP contribution in [0.25, 0.3) is 0 Å². The largest absolute Gasteiger partial charge is 0.469 e. The molecule has 0 unspecified atom stereocenters. The van der Waals surface area contributed by atoms with Gasteiger partial charge in [0.05, 0.1) is 19.3 Å². The normalized spacial score (nSPS) is 50.2. The highest BCUT2D eigenvalue weighted by Crippen LogP contribution is 2.68. The standard InChI is InChI=1S/C25H42O4/c1-15(5-8-22(28)29-4)18-6-7-19-23-20(10-12-25(18,19)3)24(2)11-9-17(26)13-16(24)14-21(23)27/h15-21,23,26-27H,5-14H2,1-4H3/t15-,16-,17-,18-,19+,20+,21+,23+,24+,25-/m1/s1. The smallest absolute Gasteiger partial charge is 0.305 e. The molecule has 0 aromatic rings. The van der Waals surface area contributed by atoms with Gasteiger partial charge in [-0.05, 0) is 104 Å². The van der Waals surface area contributed by atoms with Crippen molar-refractivity contribution in [2.24, 2.45) is 46.3 Å². The Morgan fingerprint density at radius 3 is 2.45 bits per heavy atom. The minimum atomic E-state index is -0.211. The average molecular weight is 407 g/mol. The third-order valence-electron chi connectivity index (χ3n) is 10.4. The van der Waals surface area contributed by atoms with Crippen LogP contribution in [0.1, 0.15) is 85.0 Å². The van der Waals surface area contributed by atoms with Crippen LogP contribution in [0.15, 0.2) is 0 Å². The molecule has 166 valence electrons. The molecular weight excluding hydrogens is 364 g/mol. The molecule has 0 heterocycles. The van der Waals surface area contributed by atoms with Gasteiger partial charge in [0.2, 0.25) is 0 Å². The van der Waals surface area contributed by atoms with Gasteiger partial charge >= 0.3 is 5.97 Å². The van der Waals surface area contributed by atoms with E-state index in [-0.39, 0.29) is 23.6 Å². The molecule has 0 aromatic heterocycles. The Bertz CT molecular complexity index is 620. The molecule has 29 heavy (non-hydrogen) atoms. The van der Waals surface area contributed by atoms with E-state index in [0.717, 1.165) is 32.1 Å². The summed E-state index contributed by atoms with van der Waals surface area (Å²) in [6.45, 7) is 7.29. The van der Waals surface area contributed by atoms with Gasteiger partial charge in [-0.15, -0.1) is 0 Å². The van der Waals surface area contributed by atoms with Gasteiger partial charge in [0, 0.05) is 6.42 Å². The monoisotopic (exact) mass is 406 g/mol. The Hall–Kier alpha value is -0.610. The first-order chi connectivity index (χ1) is 13.7. The highest BCUT2D eigenvalue weighted by Gasteiger charge is 2.62. The van der Waals surface area contributed by atoms with Crippen LogP contribution in [0.4, 0.5) is 0 Å². The van der Waals surface area contributed by atoms with E-state index < -0.39 is 0 Å². The number of carbonyl (C=O) groups excluding carboxylic acids is 1. The predicted octanol–water partition coefficient (Wildman–Crippen LogP) is 4.57. The molecule has 10 atom stereocenters. The SMILES string of the molecule is COC(=O)CC[C@@H](C)[C@H]1CC[C@H]2[C@@H]3[C@@H](O)C[C@H]4C[C@H](O)CC[C@]4(C)[C@H]3CC[C@]12C. The minimum Gasteiger partial charge on any atom is -0.469 e. The van der Waals surface area contributed by atoms with Gasteiger partial charge in [0.15, 0.2) is 0 Å². The Morgan fingerprint density at radius 2 is 1.72 bits per heavy atom. The van der Waals surface area contributed by atoms with E-state index in [4.69, 9.17) is 4.74 Å². The molecule has 4 aliphatic rings. The van der Waals surface area contributed by atoms with Gasteiger partial charge in [0.25, 0.3) is 0 Å². The summed E-state index contributed by atoms with van der Waals surface area (Å²) < 4.78 is 4.86. The van der Waals surface area contributed by atoms with Gasteiger partial charge in [-0.3, -0.25) is 4.79 Å². The number of aliphatic hydroxyl groups excluding tert-OH is 2. The summed E-state index contributed by atoms with van der Waals surface area (Å²) in [5.41, 5.74) is 0.577. The van der Waals surface area contributed by atoms with Crippen molar-refractivity contribution >= 4 is 5.97 Å². The fourth-order valence-corrected chi connectivity index (χ4v) is 8.82. The lowest BCUT2D eigenvalue weighted by Gasteiger charge is -2.62. The van der Waals surface area contributed by atoms with Gasteiger partial charge in [-0.25, -0.2) is 0 Å². The van der Waals surface area contributed by atoms with Gasteiger partial charge in [-0.2, -0.15) is 0 Å². The van der Waals surface area contributed by atoms with Crippen LogP contribution in [0.3, 0.4) is 0 Å². The Kier molecular flexibility index (Phi) is 5.83. The van der Waals surface area contributed by atoms with Crippen molar-refractivity contribution in [1.29, 1.82) is 0 Å². The minimum absolute atomic E-state index is 0.0959. The zero-order chi connectivity index (χ0) is 21.0. The second-order valence-electron chi connectivity index (χ2n) is 11.5. The van der Waals surface area contributed by atoms with Gasteiger partial charge in [-0.1, -0.05) is 20.8 Å². The van der Waals surface area contributed by atoms with Crippen molar-refractivity contribution in [2.45, 2.75) is 97.2 Å². The van der Waals surface area contributed by atoms with E-state index in [9.17, 15) is 15.0 Å². The maximum absolute atomic E-state index is 11.6. The molecule has 0 saturated heterocycles. The second-order valence-corrected chi connectivity index (χ2v) is 11.5. The van der Waals surface area contributed by atoms with Crippen molar-refractivity contribution < 1.29 is 19.7 Å². The summed E-state index contributed by atoms with van der Waals surface area (Å²) in [5.74, 6) is 3.17. The van der Waals surface area contributed by atoms with Crippen molar-refractivity contribution in [2.75, 3.05) is 7.11 Å². The van der Waals surface area contributed by atoms with Crippen LogP contribution in [0.5, 0.6) is 0 Å². The zero-order valence-corrected chi connectivity index (χ0v) is 18.9. The second kappa shape index (κ2) is 7.82. The van der Waals surface area contributed by atoms with E-state index in [1.54, 1.807) is 0 Å². The maximum atomic E-state index is 11.6. The molecular formula is C25H42O4. The van der Waals surface area contributed by atoms with E-state index in [2.05, 4.69) is 20.8 Å². The summed E-state index contributed by atoms with van der Waals surface area (Å²) in [5, 5.41) is 21.5. The van der Waals surface area contributed by atoms with Crippen LogP contribution >= 0.6 is 0 Å². The quantitative estimate of drug-likeness (QED) is 0.671. The molecule has 0 spiro atoms. The van der Waals surface area contributed by atoms with Crippen LogP contribution in [0, 0.1) is 46.3 Å². The molecule has 4 fully saturated rings. The lowest BCUT2D eigenvalue weighted by atomic mass is 9.43. The summed E-state index contributed by atoms with van der Waals surface area (Å²) in [6.07, 6.45) is 9.80. The van der Waals surface area contributed by atoms with Crippen molar-refractivity contribution in [3.05, 3.63) is 0 Å². The number of carbonyl (C=O) groups is 1. The zero-order valence-electron chi connectivity index (χ0n) is 18.9. The first-order valence-electron chi connectivity index (χ1n) is 12.1. The molecule has 4 heteroatoms. The Balaban J connectivity index is 1.53. The number of hydrogen-bond acceptors (Lipinski definition) is 4. The van der Waals surface area contributed by atoms with E-state index in [0.29, 0.717) is 47.3 Å². The summed E-state index contributed by atoms with van der Waals surface area (Å²) in [6, 6.07) is 0.